The van der Waals surface area contributed by atoms with Crippen molar-refractivity contribution >= 4 is 5.82 Å². The summed E-state index contributed by atoms with van der Waals surface area (Å²) in [5.41, 5.74) is 13.2. The van der Waals surface area contributed by atoms with Crippen molar-refractivity contribution in [2.45, 2.75) is 39.8 Å². The van der Waals surface area contributed by atoms with E-state index in [1.807, 2.05) is 28.6 Å². The average Bonchev–Trinajstić information content (AvgIpc) is 3.36. The van der Waals surface area contributed by atoms with Crippen LogP contribution in [0.2, 0.25) is 0 Å². The standard InChI is InChI=1S/C22H23N7O/c1-4-28-21-15(11-26-28)8-17-12-25-27-29(17)19-6-5-13(2)7-18(19)14(3)30-20-9-16(21)10-24-22(20)23/h5-7,9-12,14H,4,8H2,1-3H3,(H2,23,24)/t14-/m0/s1. The molecule has 1 aliphatic heterocycles. The zero-order valence-electron chi connectivity index (χ0n) is 17.2. The molecule has 0 unspecified atom stereocenters. The van der Waals surface area contributed by atoms with Gasteiger partial charge in [0.15, 0.2) is 11.6 Å². The van der Waals surface area contributed by atoms with Crippen LogP contribution in [-0.4, -0.2) is 29.8 Å². The molecule has 0 spiro atoms. The molecule has 0 radical (unpaired) electrons. The zero-order valence-corrected chi connectivity index (χ0v) is 17.2. The highest BCUT2D eigenvalue weighted by atomic mass is 16.5. The highest BCUT2D eigenvalue weighted by molar-refractivity contribution is 5.67. The first-order chi connectivity index (χ1) is 14.5. The Balaban J connectivity index is 1.79. The van der Waals surface area contributed by atoms with E-state index in [9.17, 15) is 0 Å². The Morgan fingerprint density at radius 2 is 2.07 bits per heavy atom. The van der Waals surface area contributed by atoms with Crippen molar-refractivity contribution < 1.29 is 4.74 Å². The molecule has 2 N–H and O–H groups in total. The minimum Gasteiger partial charge on any atom is -0.482 e. The Kier molecular flexibility index (Phi) is 4.27. The summed E-state index contributed by atoms with van der Waals surface area (Å²) >= 11 is 0. The molecule has 3 aromatic heterocycles. The van der Waals surface area contributed by atoms with Gasteiger partial charge in [-0.05, 0) is 32.9 Å². The number of aryl methyl sites for hydroxylation is 2. The summed E-state index contributed by atoms with van der Waals surface area (Å²) in [5.74, 6) is 0.920. The van der Waals surface area contributed by atoms with E-state index in [0.29, 0.717) is 18.0 Å². The van der Waals surface area contributed by atoms with Gasteiger partial charge in [0, 0.05) is 35.9 Å². The molecule has 0 amide bonds. The fourth-order valence-corrected chi connectivity index (χ4v) is 4.03. The van der Waals surface area contributed by atoms with Gasteiger partial charge in [-0.25, -0.2) is 9.67 Å². The topological polar surface area (TPSA) is 96.7 Å². The number of nitrogens with two attached hydrogens (primary N) is 1. The predicted molar refractivity (Wildman–Crippen MR) is 113 cm³/mol. The maximum atomic E-state index is 6.32. The number of nitrogens with zero attached hydrogens (tertiary/aromatic N) is 6. The summed E-state index contributed by atoms with van der Waals surface area (Å²) < 4.78 is 10.2. The molecule has 0 saturated carbocycles. The molecule has 1 aliphatic rings. The number of pyridine rings is 1. The number of hydrogen-bond acceptors (Lipinski definition) is 6. The lowest BCUT2D eigenvalue weighted by atomic mass is 10.0. The van der Waals surface area contributed by atoms with E-state index in [4.69, 9.17) is 10.5 Å². The van der Waals surface area contributed by atoms with Crippen molar-refractivity contribution in [2.24, 2.45) is 0 Å². The molecule has 1 aromatic carbocycles. The van der Waals surface area contributed by atoms with Crippen LogP contribution in [0.3, 0.4) is 0 Å². The van der Waals surface area contributed by atoms with Gasteiger partial charge < -0.3 is 10.5 Å². The number of benzene rings is 1. The van der Waals surface area contributed by atoms with Crippen molar-refractivity contribution in [3.05, 3.63) is 65.2 Å². The second kappa shape index (κ2) is 6.98. The number of anilines is 1. The molecule has 4 aromatic rings. The maximum absolute atomic E-state index is 6.32. The van der Waals surface area contributed by atoms with Crippen LogP contribution in [0.4, 0.5) is 5.82 Å². The third kappa shape index (κ3) is 2.92. The van der Waals surface area contributed by atoms with E-state index >= 15 is 0 Å². The Labute approximate surface area is 174 Å². The van der Waals surface area contributed by atoms with Gasteiger partial charge in [0.1, 0.15) is 6.10 Å². The second-order valence-corrected chi connectivity index (χ2v) is 7.58. The summed E-state index contributed by atoms with van der Waals surface area (Å²) in [6.07, 6.45) is 5.87. The molecule has 5 rings (SSSR count). The molecule has 1 atom stereocenters. The Hall–Kier alpha value is -3.68. The van der Waals surface area contributed by atoms with Crippen LogP contribution in [0.25, 0.3) is 16.9 Å². The van der Waals surface area contributed by atoms with E-state index < -0.39 is 0 Å². The molecule has 152 valence electrons. The minimum absolute atomic E-state index is 0.258. The molecule has 8 heteroatoms. The van der Waals surface area contributed by atoms with E-state index in [-0.39, 0.29) is 6.10 Å². The van der Waals surface area contributed by atoms with Crippen molar-refractivity contribution in [1.82, 2.24) is 29.8 Å². The van der Waals surface area contributed by atoms with Crippen molar-refractivity contribution in [1.29, 1.82) is 0 Å². The van der Waals surface area contributed by atoms with Gasteiger partial charge in [-0.15, -0.1) is 5.10 Å². The van der Waals surface area contributed by atoms with Gasteiger partial charge in [-0.2, -0.15) is 5.10 Å². The normalized spacial score (nSPS) is 15.2. The second-order valence-electron chi connectivity index (χ2n) is 7.58. The highest BCUT2D eigenvalue weighted by Crippen LogP contribution is 2.35. The highest BCUT2D eigenvalue weighted by Gasteiger charge is 2.22. The molecule has 2 bridgehead atoms. The van der Waals surface area contributed by atoms with E-state index in [1.165, 1.54) is 0 Å². The van der Waals surface area contributed by atoms with Crippen molar-refractivity contribution in [3.63, 3.8) is 0 Å². The molecule has 0 saturated heterocycles. The van der Waals surface area contributed by atoms with Crippen LogP contribution >= 0.6 is 0 Å². The van der Waals surface area contributed by atoms with Gasteiger partial charge in [0.05, 0.1) is 29.5 Å². The van der Waals surface area contributed by atoms with E-state index in [0.717, 1.165) is 45.9 Å². The fourth-order valence-electron chi connectivity index (χ4n) is 4.03. The van der Waals surface area contributed by atoms with Gasteiger partial charge in [-0.1, -0.05) is 22.9 Å². The first-order valence-electron chi connectivity index (χ1n) is 10.0. The van der Waals surface area contributed by atoms with Crippen molar-refractivity contribution in [2.75, 3.05) is 5.73 Å². The third-order valence-electron chi connectivity index (χ3n) is 5.51. The Bertz CT molecular complexity index is 1240. The van der Waals surface area contributed by atoms with Crippen LogP contribution in [0, 0.1) is 6.92 Å². The Morgan fingerprint density at radius 3 is 2.90 bits per heavy atom. The first kappa shape index (κ1) is 18.4. The lowest BCUT2D eigenvalue weighted by molar-refractivity contribution is 0.227. The summed E-state index contributed by atoms with van der Waals surface area (Å²) in [6.45, 7) is 6.88. The lowest BCUT2D eigenvalue weighted by Crippen LogP contribution is -2.13. The minimum atomic E-state index is -0.258. The monoisotopic (exact) mass is 401 g/mol. The first-order valence-corrected chi connectivity index (χ1v) is 10.0. The summed E-state index contributed by atoms with van der Waals surface area (Å²) in [7, 11) is 0. The van der Waals surface area contributed by atoms with Crippen LogP contribution in [0.1, 0.15) is 42.3 Å². The van der Waals surface area contributed by atoms with Crippen molar-refractivity contribution in [3.8, 4) is 22.7 Å². The van der Waals surface area contributed by atoms with Gasteiger partial charge in [0.25, 0.3) is 0 Å². The molecular weight excluding hydrogens is 378 g/mol. The fraction of sp³-hybridized carbons (Fsp3) is 0.273. The molecule has 8 nitrogen and oxygen atoms in total. The van der Waals surface area contributed by atoms with Crippen LogP contribution in [0.5, 0.6) is 5.75 Å². The number of ether oxygens (including phenoxy) is 1. The SMILES string of the molecule is CCn1ncc2c1-c1cnc(N)c(c1)O[C@@H](C)c1cc(C)ccc1-n1nncc1C2. The zero-order chi connectivity index (χ0) is 20.8. The average molecular weight is 401 g/mol. The Morgan fingerprint density at radius 1 is 1.20 bits per heavy atom. The molecule has 0 fully saturated rings. The van der Waals surface area contributed by atoms with Gasteiger partial charge in [0.2, 0.25) is 0 Å². The predicted octanol–water partition coefficient (Wildman–Crippen LogP) is 3.48. The number of rotatable bonds is 1. The van der Waals surface area contributed by atoms with E-state index in [2.05, 4.69) is 52.4 Å². The number of aromatic nitrogens is 6. The molecule has 30 heavy (non-hydrogen) atoms. The lowest BCUT2D eigenvalue weighted by Gasteiger charge is -2.22. The quantitative estimate of drug-likeness (QED) is 0.524. The molecular formula is C22H23N7O. The number of nitrogen functional groups attached to an aromatic ring is 1. The summed E-state index contributed by atoms with van der Waals surface area (Å²) in [4.78, 5) is 4.41. The van der Waals surface area contributed by atoms with Gasteiger partial charge >= 0.3 is 0 Å². The van der Waals surface area contributed by atoms with Crippen LogP contribution in [0.15, 0.2) is 42.9 Å². The molecule has 0 aliphatic carbocycles. The third-order valence-corrected chi connectivity index (χ3v) is 5.51. The largest absolute Gasteiger partial charge is 0.482 e. The number of hydrogen-bond donors (Lipinski definition) is 1. The van der Waals surface area contributed by atoms with E-state index in [1.54, 1.807) is 12.4 Å². The maximum Gasteiger partial charge on any atom is 0.166 e. The summed E-state index contributed by atoms with van der Waals surface area (Å²) in [5, 5.41) is 13.2. The van der Waals surface area contributed by atoms with Crippen LogP contribution < -0.4 is 10.5 Å². The number of fused-ring (bicyclic) bond motifs is 7. The molecule has 4 heterocycles. The van der Waals surface area contributed by atoms with Gasteiger partial charge in [-0.3, -0.25) is 4.68 Å². The van der Waals surface area contributed by atoms with Crippen LogP contribution in [-0.2, 0) is 13.0 Å². The summed E-state index contributed by atoms with van der Waals surface area (Å²) in [6, 6.07) is 8.20. The smallest absolute Gasteiger partial charge is 0.166 e.